The fourth-order valence-electron chi connectivity index (χ4n) is 3.45. The van der Waals surface area contributed by atoms with E-state index in [2.05, 4.69) is 0 Å². The molecule has 1 aliphatic carbocycles. The molecule has 0 amide bonds. The molecule has 1 aromatic rings. The number of nitrogens with zero attached hydrogens (tertiary/aromatic N) is 2. The minimum absolute atomic E-state index is 0.308. The van der Waals surface area contributed by atoms with Gasteiger partial charge in [0.15, 0.2) is 0 Å². The summed E-state index contributed by atoms with van der Waals surface area (Å²) in [5, 5.41) is 8.79. The summed E-state index contributed by atoms with van der Waals surface area (Å²) in [5.74, 6) is 0. The summed E-state index contributed by atoms with van der Waals surface area (Å²) >= 11 is 0. The lowest BCUT2D eigenvalue weighted by Gasteiger charge is -2.50. The summed E-state index contributed by atoms with van der Waals surface area (Å²) in [4.78, 5) is 1.99. The molecule has 2 fully saturated rings. The molecule has 1 aromatic carbocycles. The van der Waals surface area contributed by atoms with Gasteiger partial charge in [0.2, 0.25) is 0 Å². The lowest BCUT2D eigenvalue weighted by atomic mass is 9.78. The lowest BCUT2D eigenvalue weighted by molar-refractivity contribution is -0.137. The first-order valence-corrected chi connectivity index (χ1v) is 6.80. The summed E-state index contributed by atoms with van der Waals surface area (Å²) < 4.78 is 38.8. The van der Waals surface area contributed by atoms with Crippen LogP contribution in [0.5, 0.6) is 0 Å². The third-order valence-corrected chi connectivity index (χ3v) is 4.51. The standard InChI is InChI=1S/C15H15F3N2/c16-15(17,18)13-7-12(4-3-11(13)8-19)20-9-14(10-20)5-1-2-6-14/h3-4,7H,1-2,5-6,9-10H2. The maximum atomic E-state index is 12.9. The van der Waals surface area contributed by atoms with E-state index in [0.717, 1.165) is 19.2 Å². The van der Waals surface area contributed by atoms with Crippen molar-refractivity contribution in [3.63, 3.8) is 0 Å². The van der Waals surface area contributed by atoms with Gasteiger partial charge in [0.1, 0.15) is 0 Å². The van der Waals surface area contributed by atoms with Crippen molar-refractivity contribution in [3.8, 4) is 6.07 Å². The molecule has 2 nitrogen and oxygen atoms in total. The Labute approximate surface area is 115 Å². The van der Waals surface area contributed by atoms with Crippen LogP contribution in [0, 0.1) is 16.7 Å². The highest BCUT2D eigenvalue weighted by molar-refractivity contribution is 5.56. The van der Waals surface area contributed by atoms with Crippen LogP contribution < -0.4 is 4.90 Å². The van der Waals surface area contributed by atoms with Crippen molar-refractivity contribution in [1.82, 2.24) is 0 Å². The predicted octanol–water partition coefficient (Wildman–Crippen LogP) is 3.96. The van der Waals surface area contributed by atoms with E-state index in [9.17, 15) is 13.2 Å². The minimum atomic E-state index is -4.48. The van der Waals surface area contributed by atoms with Crippen LogP contribution in [-0.2, 0) is 6.18 Å². The molecule has 1 aliphatic heterocycles. The molecule has 5 heteroatoms. The Morgan fingerprint density at radius 2 is 1.80 bits per heavy atom. The fourth-order valence-corrected chi connectivity index (χ4v) is 3.45. The summed E-state index contributed by atoms with van der Waals surface area (Å²) in [6.07, 6.45) is 0.360. The quantitative estimate of drug-likeness (QED) is 0.778. The molecule has 106 valence electrons. The van der Waals surface area contributed by atoms with Gasteiger partial charge in [-0.2, -0.15) is 18.4 Å². The second-order valence-corrected chi connectivity index (χ2v) is 5.90. The Morgan fingerprint density at radius 1 is 1.15 bits per heavy atom. The average Bonchev–Trinajstić information content (AvgIpc) is 2.84. The first kappa shape index (κ1) is 13.3. The monoisotopic (exact) mass is 280 g/mol. The van der Waals surface area contributed by atoms with Crippen LogP contribution in [0.25, 0.3) is 0 Å². The third kappa shape index (κ3) is 2.13. The number of benzene rings is 1. The first-order chi connectivity index (χ1) is 9.43. The van der Waals surface area contributed by atoms with Gasteiger partial charge in [0.25, 0.3) is 0 Å². The van der Waals surface area contributed by atoms with Crippen molar-refractivity contribution in [2.45, 2.75) is 31.9 Å². The lowest BCUT2D eigenvalue weighted by Crippen LogP contribution is -2.55. The molecule has 0 radical (unpaired) electrons. The van der Waals surface area contributed by atoms with Gasteiger partial charge in [0, 0.05) is 24.2 Å². The second kappa shape index (κ2) is 4.41. The SMILES string of the molecule is N#Cc1ccc(N2CC3(CCCC3)C2)cc1C(F)(F)F. The van der Waals surface area contributed by atoms with E-state index in [1.54, 1.807) is 12.1 Å². The highest BCUT2D eigenvalue weighted by Crippen LogP contribution is 2.47. The summed E-state index contributed by atoms with van der Waals surface area (Å²) in [6, 6.07) is 5.62. The number of halogens is 3. The Balaban J connectivity index is 1.84. The molecule has 0 aromatic heterocycles. The molecule has 0 bridgehead atoms. The van der Waals surface area contributed by atoms with Crippen molar-refractivity contribution < 1.29 is 13.2 Å². The maximum absolute atomic E-state index is 12.9. The number of rotatable bonds is 1. The molecular formula is C15H15F3N2. The van der Waals surface area contributed by atoms with E-state index in [0.29, 0.717) is 11.1 Å². The van der Waals surface area contributed by atoms with E-state index < -0.39 is 11.7 Å². The summed E-state index contributed by atoms with van der Waals surface area (Å²) in [7, 11) is 0. The third-order valence-electron chi connectivity index (χ3n) is 4.51. The van der Waals surface area contributed by atoms with Gasteiger partial charge in [-0.05, 0) is 31.0 Å². The summed E-state index contributed by atoms with van der Waals surface area (Å²) in [6.45, 7) is 1.69. The molecule has 1 heterocycles. The van der Waals surface area contributed by atoms with Gasteiger partial charge >= 0.3 is 6.18 Å². The molecule has 0 atom stereocenters. The van der Waals surface area contributed by atoms with Crippen LogP contribution in [0.15, 0.2) is 18.2 Å². The van der Waals surface area contributed by atoms with E-state index in [1.807, 2.05) is 4.90 Å². The van der Waals surface area contributed by atoms with Crippen molar-refractivity contribution in [2.24, 2.45) is 5.41 Å². The van der Waals surface area contributed by atoms with Crippen molar-refractivity contribution >= 4 is 5.69 Å². The predicted molar refractivity (Wildman–Crippen MR) is 69.3 cm³/mol. The minimum Gasteiger partial charge on any atom is -0.370 e. The largest absolute Gasteiger partial charge is 0.417 e. The summed E-state index contributed by atoms with van der Waals surface area (Å²) in [5.41, 5.74) is -0.220. The van der Waals surface area contributed by atoms with Crippen LogP contribution in [-0.4, -0.2) is 13.1 Å². The molecule has 1 saturated heterocycles. The van der Waals surface area contributed by atoms with E-state index >= 15 is 0 Å². The van der Waals surface area contributed by atoms with E-state index in [1.165, 1.54) is 31.7 Å². The fraction of sp³-hybridized carbons (Fsp3) is 0.533. The Morgan fingerprint density at radius 3 is 2.35 bits per heavy atom. The van der Waals surface area contributed by atoms with E-state index in [4.69, 9.17) is 5.26 Å². The molecule has 0 unspecified atom stereocenters. The van der Waals surface area contributed by atoms with Gasteiger partial charge in [-0.15, -0.1) is 0 Å². The average molecular weight is 280 g/mol. The molecule has 2 aliphatic rings. The van der Waals surface area contributed by atoms with Crippen LogP contribution in [0.3, 0.4) is 0 Å². The van der Waals surface area contributed by atoms with Crippen molar-refractivity contribution in [2.75, 3.05) is 18.0 Å². The molecular weight excluding hydrogens is 265 g/mol. The van der Waals surface area contributed by atoms with Crippen LogP contribution in [0.1, 0.15) is 36.8 Å². The van der Waals surface area contributed by atoms with Gasteiger partial charge in [-0.3, -0.25) is 0 Å². The number of nitriles is 1. The molecule has 0 N–H and O–H groups in total. The topological polar surface area (TPSA) is 27.0 Å². The highest BCUT2D eigenvalue weighted by atomic mass is 19.4. The number of hydrogen-bond donors (Lipinski definition) is 0. The molecule has 3 rings (SSSR count). The first-order valence-electron chi connectivity index (χ1n) is 6.80. The maximum Gasteiger partial charge on any atom is 0.417 e. The number of alkyl halides is 3. The van der Waals surface area contributed by atoms with Crippen molar-refractivity contribution in [1.29, 1.82) is 5.26 Å². The Kier molecular flexibility index (Phi) is 2.93. The van der Waals surface area contributed by atoms with Gasteiger partial charge < -0.3 is 4.90 Å². The van der Waals surface area contributed by atoms with Crippen molar-refractivity contribution in [3.05, 3.63) is 29.3 Å². The molecule has 1 saturated carbocycles. The zero-order chi connectivity index (χ0) is 14.4. The van der Waals surface area contributed by atoms with Gasteiger partial charge in [-0.25, -0.2) is 0 Å². The van der Waals surface area contributed by atoms with Crippen LogP contribution in [0.4, 0.5) is 18.9 Å². The number of hydrogen-bond acceptors (Lipinski definition) is 2. The van der Waals surface area contributed by atoms with E-state index in [-0.39, 0.29) is 5.56 Å². The molecule has 20 heavy (non-hydrogen) atoms. The zero-order valence-corrected chi connectivity index (χ0v) is 11.0. The van der Waals surface area contributed by atoms with Crippen LogP contribution in [0.2, 0.25) is 0 Å². The second-order valence-electron chi connectivity index (χ2n) is 5.90. The highest BCUT2D eigenvalue weighted by Gasteiger charge is 2.45. The Bertz CT molecular complexity index is 557. The van der Waals surface area contributed by atoms with Crippen LogP contribution >= 0.6 is 0 Å². The smallest absolute Gasteiger partial charge is 0.370 e. The van der Waals surface area contributed by atoms with Gasteiger partial charge in [0.05, 0.1) is 17.2 Å². The normalized spacial score (nSPS) is 20.8. The van der Waals surface area contributed by atoms with Gasteiger partial charge in [-0.1, -0.05) is 12.8 Å². The zero-order valence-electron chi connectivity index (χ0n) is 11.0. The number of anilines is 1. The Hall–Kier alpha value is -1.70. The molecule has 1 spiro atoms.